The number of rotatable bonds is 7. The van der Waals surface area contributed by atoms with Crippen LogP contribution in [0.3, 0.4) is 0 Å². The first-order chi connectivity index (χ1) is 18.6. The summed E-state index contributed by atoms with van der Waals surface area (Å²) in [4.78, 5) is 51.2. The molecule has 4 rings (SSSR count). The van der Waals surface area contributed by atoms with Gasteiger partial charge in [-0.3, -0.25) is 19.7 Å². The molecule has 1 aliphatic rings. The molecule has 0 radical (unpaired) electrons. The third-order valence-electron chi connectivity index (χ3n) is 5.89. The van der Waals surface area contributed by atoms with Crippen molar-refractivity contribution in [2.75, 3.05) is 23.9 Å². The summed E-state index contributed by atoms with van der Waals surface area (Å²) in [7, 11) is 1.41. The van der Waals surface area contributed by atoms with Gasteiger partial charge in [-0.2, -0.15) is 0 Å². The Balaban J connectivity index is 1.54. The van der Waals surface area contributed by atoms with Crippen LogP contribution in [0.1, 0.15) is 16.7 Å². The first-order valence-corrected chi connectivity index (χ1v) is 12.7. The molecule has 1 saturated heterocycles. The Kier molecular flexibility index (Phi) is 8.29. The highest BCUT2D eigenvalue weighted by Gasteiger charge is 2.37. The molecule has 0 bridgehead atoms. The zero-order valence-electron chi connectivity index (χ0n) is 21.1. The second-order valence-corrected chi connectivity index (χ2v) is 9.77. The zero-order valence-corrected chi connectivity index (χ0v) is 23.3. The maximum atomic E-state index is 13.3. The Hall–Kier alpha value is -4.26. The number of nitrogens with zero attached hydrogens (tertiary/aromatic N) is 1. The average Bonchev–Trinajstić information content (AvgIpc) is 2.88. The molecule has 0 saturated carbocycles. The number of carbonyl (C=O) groups excluding carboxylic acids is 4. The summed E-state index contributed by atoms with van der Waals surface area (Å²) >= 11 is 1.99. The molecule has 1 aliphatic heterocycles. The normalized spacial score (nSPS) is 14.3. The van der Waals surface area contributed by atoms with Gasteiger partial charge in [0, 0.05) is 5.69 Å². The van der Waals surface area contributed by atoms with Crippen LogP contribution >= 0.6 is 22.6 Å². The van der Waals surface area contributed by atoms with E-state index in [0.717, 1.165) is 28.2 Å². The predicted molar refractivity (Wildman–Crippen MR) is 151 cm³/mol. The smallest absolute Gasteiger partial charge is 0.335 e. The summed E-state index contributed by atoms with van der Waals surface area (Å²) in [5.41, 5.74) is 3.02. The lowest BCUT2D eigenvalue weighted by Gasteiger charge is -2.26. The van der Waals surface area contributed by atoms with Crippen LogP contribution in [0.4, 0.5) is 20.6 Å². The van der Waals surface area contributed by atoms with E-state index in [-0.39, 0.29) is 29.5 Å². The summed E-state index contributed by atoms with van der Waals surface area (Å²) < 4.78 is 25.0. The highest BCUT2D eigenvalue weighted by molar-refractivity contribution is 14.1. The topological polar surface area (TPSA) is 114 Å². The van der Waals surface area contributed by atoms with E-state index in [0.29, 0.717) is 20.6 Å². The molecule has 0 unspecified atom stereocenters. The summed E-state index contributed by atoms with van der Waals surface area (Å²) in [5.74, 6) is -2.08. The Morgan fingerprint density at radius 1 is 1.05 bits per heavy atom. The minimum atomic E-state index is -0.941. The summed E-state index contributed by atoms with van der Waals surface area (Å²) in [6, 6.07) is 12.5. The van der Waals surface area contributed by atoms with Crippen LogP contribution in [0.5, 0.6) is 11.5 Å². The second-order valence-electron chi connectivity index (χ2n) is 8.60. The highest BCUT2D eigenvalue weighted by Crippen LogP contribution is 2.35. The number of urea groups is 1. The Labute approximate surface area is 237 Å². The number of benzene rings is 3. The van der Waals surface area contributed by atoms with Crippen LogP contribution in [-0.2, 0) is 14.4 Å². The van der Waals surface area contributed by atoms with Gasteiger partial charge >= 0.3 is 6.03 Å². The largest absolute Gasteiger partial charge is 0.493 e. The van der Waals surface area contributed by atoms with E-state index in [2.05, 4.69) is 10.6 Å². The van der Waals surface area contributed by atoms with Crippen LogP contribution in [0, 0.1) is 23.2 Å². The van der Waals surface area contributed by atoms with Crippen LogP contribution in [0.2, 0.25) is 0 Å². The number of halogens is 2. The van der Waals surface area contributed by atoms with Crippen molar-refractivity contribution in [1.29, 1.82) is 0 Å². The zero-order chi connectivity index (χ0) is 28.3. The molecule has 9 nitrogen and oxygen atoms in total. The van der Waals surface area contributed by atoms with Crippen molar-refractivity contribution in [2.45, 2.75) is 13.8 Å². The van der Waals surface area contributed by atoms with Gasteiger partial charge in [0.2, 0.25) is 0 Å². The standard InChI is InChI=1S/C28H23FIN3O6/c1-15-4-7-19(10-16(15)2)31-24(34)14-39-25-22(30)12-17(13-23(25)38-3)11-21-26(35)32-28(37)33(27(21)36)20-8-5-18(29)6-9-20/h4-13H,14H2,1-3H3,(H,31,34)(H,32,35,37)/b21-11+. The van der Waals surface area contributed by atoms with E-state index in [1.54, 1.807) is 12.1 Å². The van der Waals surface area contributed by atoms with Crippen LogP contribution < -0.4 is 25.0 Å². The lowest BCUT2D eigenvalue weighted by Crippen LogP contribution is -2.54. The fourth-order valence-electron chi connectivity index (χ4n) is 3.77. The number of aryl methyl sites for hydroxylation is 2. The van der Waals surface area contributed by atoms with Crippen molar-refractivity contribution in [1.82, 2.24) is 5.32 Å². The van der Waals surface area contributed by atoms with Crippen molar-refractivity contribution in [3.8, 4) is 11.5 Å². The maximum absolute atomic E-state index is 13.3. The van der Waals surface area contributed by atoms with Gasteiger partial charge in [-0.05, 0) is 108 Å². The minimum absolute atomic E-state index is 0.104. The van der Waals surface area contributed by atoms with E-state index in [9.17, 15) is 23.6 Å². The quantitative estimate of drug-likeness (QED) is 0.219. The van der Waals surface area contributed by atoms with Crippen molar-refractivity contribution in [3.05, 3.63) is 86.2 Å². The van der Waals surface area contributed by atoms with E-state index >= 15 is 0 Å². The summed E-state index contributed by atoms with van der Waals surface area (Å²) in [6.07, 6.45) is 1.31. The molecular weight excluding hydrogens is 620 g/mol. The number of barbiturate groups is 1. The third kappa shape index (κ3) is 6.25. The number of hydrogen-bond donors (Lipinski definition) is 2. The van der Waals surface area contributed by atoms with Gasteiger partial charge in [0.05, 0.1) is 16.4 Å². The van der Waals surface area contributed by atoms with Gasteiger partial charge in [-0.25, -0.2) is 14.1 Å². The SMILES string of the molecule is COc1cc(/C=C2\C(=O)NC(=O)N(c3ccc(F)cc3)C2=O)cc(I)c1OCC(=O)Nc1ccc(C)c(C)c1. The lowest BCUT2D eigenvalue weighted by atomic mass is 10.1. The molecule has 1 heterocycles. The van der Waals surface area contributed by atoms with Gasteiger partial charge in [-0.15, -0.1) is 0 Å². The molecule has 3 aromatic carbocycles. The molecule has 5 amide bonds. The van der Waals surface area contributed by atoms with Gasteiger partial charge in [0.15, 0.2) is 18.1 Å². The highest BCUT2D eigenvalue weighted by atomic mass is 127. The average molecular weight is 643 g/mol. The second kappa shape index (κ2) is 11.6. The van der Waals surface area contributed by atoms with Crippen molar-refractivity contribution < 1.29 is 33.0 Å². The number of hydrogen-bond acceptors (Lipinski definition) is 6. The molecule has 0 aromatic heterocycles. The van der Waals surface area contributed by atoms with Crippen LogP contribution in [0.15, 0.2) is 60.2 Å². The molecular formula is C28H23FIN3O6. The fraction of sp³-hybridized carbons (Fsp3) is 0.143. The number of carbonyl (C=O) groups is 4. The molecule has 2 N–H and O–H groups in total. The number of nitrogens with one attached hydrogen (secondary N) is 2. The predicted octanol–water partition coefficient (Wildman–Crippen LogP) is 4.74. The van der Waals surface area contributed by atoms with Gasteiger partial charge in [0.1, 0.15) is 11.4 Å². The molecule has 200 valence electrons. The van der Waals surface area contributed by atoms with E-state index in [1.807, 2.05) is 48.6 Å². The van der Waals surface area contributed by atoms with Crippen molar-refractivity contribution in [2.24, 2.45) is 0 Å². The molecule has 39 heavy (non-hydrogen) atoms. The number of methoxy groups -OCH3 is 1. The molecule has 0 spiro atoms. The molecule has 0 aliphatic carbocycles. The van der Waals surface area contributed by atoms with Crippen LogP contribution in [0.25, 0.3) is 6.08 Å². The summed E-state index contributed by atoms with van der Waals surface area (Å²) in [6.45, 7) is 3.65. The van der Waals surface area contributed by atoms with Gasteiger partial charge < -0.3 is 14.8 Å². The number of imide groups is 2. The first kappa shape index (κ1) is 27.8. The van der Waals surface area contributed by atoms with Gasteiger partial charge in [-0.1, -0.05) is 6.07 Å². The molecule has 1 fully saturated rings. The van der Waals surface area contributed by atoms with E-state index in [1.165, 1.54) is 31.4 Å². The van der Waals surface area contributed by atoms with Gasteiger partial charge in [0.25, 0.3) is 17.7 Å². The summed E-state index contributed by atoms with van der Waals surface area (Å²) in [5, 5.41) is 4.90. The third-order valence-corrected chi connectivity index (χ3v) is 6.69. The Morgan fingerprint density at radius 3 is 2.44 bits per heavy atom. The van der Waals surface area contributed by atoms with E-state index in [4.69, 9.17) is 9.47 Å². The molecule has 0 atom stereocenters. The van der Waals surface area contributed by atoms with Crippen molar-refractivity contribution >= 4 is 63.8 Å². The first-order valence-electron chi connectivity index (χ1n) is 11.6. The van der Waals surface area contributed by atoms with Crippen LogP contribution in [-0.4, -0.2) is 37.5 Å². The van der Waals surface area contributed by atoms with E-state index < -0.39 is 23.7 Å². The minimum Gasteiger partial charge on any atom is -0.493 e. The number of anilines is 2. The Morgan fingerprint density at radius 2 is 1.77 bits per heavy atom. The van der Waals surface area contributed by atoms with Crippen molar-refractivity contribution in [3.63, 3.8) is 0 Å². The Bertz CT molecular complexity index is 1520. The maximum Gasteiger partial charge on any atom is 0.335 e. The fourth-order valence-corrected chi connectivity index (χ4v) is 4.55. The number of ether oxygens (including phenoxy) is 2. The lowest BCUT2D eigenvalue weighted by molar-refractivity contribution is -0.122. The molecule has 11 heteroatoms. The number of amides is 5. The molecule has 3 aromatic rings. The monoisotopic (exact) mass is 643 g/mol.